The number of ether oxygens (including phenoxy) is 2. The van der Waals surface area contributed by atoms with E-state index in [1.807, 2.05) is 24.3 Å². The van der Waals surface area contributed by atoms with Crippen molar-refractivity contribution in [1.29, 1.82) is 0 Å². The molecule has 0 aliphatic heterocycles. The Morgan fingerprint density at radius 3 is 2.60 bits per heavy atom. The van der Waals surface area contributed by atoms with Gasteiger partial charge in [-0.1, -0.05) is 18.2 Å². The molecule has 0 aliphatic carbocycles. The van der Waals surface area contributed by atoms with Gasteiger partial charge >= 0.3 is 0 Å². The molecule has 0 radical (unpaired) electrons. The highest BCUT2D eigenvalue weighted by molar-refractivity contribution is 5.37. The van der Waals surface area contributed by atoms with Gasteiger partial charge in [0.05, 0.1) is 7.11 Å². The fourth-order valence-corrected chi connectivity index (χ4v) is 1.98. The Bertz CT molecular complexity index is 584. The van der Waals surface area contributed by atoms with Crippen molar-refractivity contribution in [2.24, 2.45) is 5.73 Å². The highest BCUT2D eigenvalue weighted by atomic mass is 19.1. The summed E-state index contributed by atoms with van der Waals surface area (Å²) in [6.45, 7) is 2.14. The smallest absolute Gasteiger partial charge is 0.125 e. The molecule has 0 spiro atoms. The van der Waals surface area contributed by atoms with Gasteiger partial charge in [0.1, 0.15) is 23.9 Å². The van der Waals surface area contributed by atoms with E-state index >= 15 is 0 Å². The molecular weight excluding hydrogens is 257 g/mol. The molecule has 0 heterocycles. The minimum atomic E-state index is -0.318. The van der Waals surface area contributed by atoms with Crippen LogP contribution in [0.4, 0.5) is 4.39 Å². The van der Waals surface area contributed by atoms with Crippen LogP contribution < -0.4 is 15.2 Å². The van der Waals surface area contributed by atoms with Crippen LogP contribution in [0.25, 0.3) is 0 Å². The molecule has 20 heavy (non-hydrogen) atoms. The molecule has 0 aromatic heterocycles. The first-order valence-corrected chi connectivity index (χ1v) is 6.41. The fourth-order valence-electron chi connectivity index (χ4n) is 1.98. The van der Waals surface area contributed by atoms with Crippen LogP contribution in [0.1, 0.15) is 24.1 Å². The number of benzene rings is 2. The molecule has 106 valence electrons. The van der Waals surface area contributed by atoms with Crippen LogP contribution in [0.3, 0.4) is 0 Å². The lowest BCUT2D eigenvalue weighted by atomic mass is 10.1. The number of hydrogen-bond acceptors (Lipinski definition) is 3. The van der Waals surface area contributed by atoms with Crippen molar-refractivity contribution >= 4 is 0 Å². The van der Waals surface area contributed by atoms with Crippen LogP contribution in [0.2, 0.25) is 0 Å². The lowest BCUT2D eigenvalue weighted by Crippen LogP contribution is -2.09. The van der Waals surface area contributed by atoms with Crippen molar-refractivity contribution < 1.29 is 13.9 Å². The lowest BCUT2D eigenvalue weighted by Gasteiger charge is -2.15. The van der Waals surface area contributed by atoms with Crippen LogP contribution in [-0.2, 0) is 6.61 Å². The van der Waals surface area contributed by atoms with Crippen LogP contribution in [0, 0.1) is 5.82 Å². The van der Waals surface area contributed by atoms with Crippen molar-refractivity contribution in [2.45, 2.75) is 19.6 Å². The Morgan fingerprint density at radius 2 is 1.90 bits per heavy atom. The first-order chi connectivity index (χ1) is 9.61. The van der Waals surface area contributed by atoms with Gasteiger partial charge in [-0.05, 0) is 31.2 Å². The summed E-state index contributed by atoms with van der Waals surface area (Å²) < 4.78 is 24.3. The van der Waals surface area contributed by atoms with Gasteiger partial charge in [-0.25, -0.2) is 4.39 Å². The molecule has 0 saturated carbocycles. The molecule has 2 rings (SSSR count). The number of nitrogens with two attached hydrogens (primary N) is 1. The topological polar surface area (TPSA) is 44.5 Å². The second-order valence-corrected chi connectivity index (χ2v) is 4.57. The maximum absolute atomic E-state index is 13.3. The average Bonchev–Trinajstić information content (AvgIpc) is 2.46. The number of hydrogen-bond donors (Lipinski definition) is 1. The Hall–Kier alpha value is -2.07. The molecule has 2 N–H and O–H groups in total. The Labute approximate surface area is 118 Å². The molecule has 2 aromatic rings. The van der Waals surface area contributed by atoms with Gasteiger partial charge in [0, 0.05) is 17.2 Å². The molecule has 1 atom stereocenters. The summed E-state index contributed by atoms with van der Waals surface area (Å²) in [4.78, 5) is 0. The summed E-state index contributed by atoms with van der Waals surface area (Å²) >= 11 is 0. The van der Waals surface area contributed by atoms with E-state index in [1.54, 1.807) is 20.1 Å². The van der Waals surface area contributed by atoms with Gasteiger partial charge in [-0.3, -0.25) is 0 Å². The van der Waals surface area contributed by atoms with Gasteiger partial charge in [0.25, 0.3) is 0 Å². The number of methoxy groups -OCH3 is 1. The molecule has 0 unspecified atom stereocenters. The quantitative estimate of drug-likeness (QED) is 0.909. The van der Waals surface area contributed by atoms with Gasteiger partial charge < -0.3 is 15.2 Å². The lowest BCUT2D eigenvalue weighted by molar-refractivity contribution is 0.292. The molecule has 2 aromatic carbocycles. The van der Waals surface area contributed by atoms with Crippen LogP contribution in [0.5, 0.6) is 11.5 Å². The summed E-state index contributed by atoms with van der Waals surface area (Å²) in [6, 6.07) is 11.7. The van der Waals surface area contributed by atoms with E-state index in [1.165, 1.54) is 12.1 Å². The molecule has 4 heteroatoms. The van der Waals surface area contributed by atoms with Crippen molar-refractivity contribution in [3.8, 4) is 11.5 Å². The molecule has 0 saturated heterocycles. The zero-order chi connectivity index (χ0) is 14.5. The Kier molecular flexibility index (Phi) is 4.58. The van der Waals surface area contributed by atoms with E-state index in [4.69, 9.17) is 15.2 Å². The summed E-state index contributed by atoms with van der Waals surface area (Å²) in [5.41, 5.74) is 7.42. The highest BCUT2D eigenvalue weighted by Gasteiger charge is 2.11. The van der Waals surface area contributed by atoms with Gasteiger partial charge in [-0.2, -0.15) is 0 Å². The summed E-state index contributed by atoms with van der Waals surface area (Å²) in [5, 5.41) is 0. The maximum Gasteiger partial charge on any atom is 0.125 e. The maximum atomic E-state index is 13.3. The van der Waals surface area contributed by atoms with E-state index in [2.05, 4.69) is 0 Å². The fraction of sp³-hybridized carbons (Fsp3) is 0.250. The monoisotopic (exact) mass is 275 g/mol. The van der Waals surface area contributed by atoms with Crippen LogP contribution in [0.15, 0.2) is 42.5 Å². The standard InChI is InChI=1S/C16H18FNO2/c1-11(18)14-9-13(17)7-8-16(14)20-10-12-5-3-4-6-15(12)19-2/h3-9,11H,10,18H2,1-2H3/t11-/m1/s1. The predicted molar refractivity (Wildman–Crippen MR) is 76.3 cm³/mol. The summed E-state index contributed by atoms with van der Waals surface area (Å²) in [5.74, 6) is 1.03. The zero-order valence-corrected chi connectivity index (χ0v) is 11.6. The molecular formula is C16H18FNO2. The summed E-state index contributed by atoms with van der Waals surface area (Å²) in [6.07, 6.45) is 0. The Balaban J connectivity index is 2.19. The number of halogens is 1. The van der Waals surface area contributed by atoms with Crippen molar-refractivity contribution in [3.63, 3.8) is 0 Å². The molecule has 3 nitrogen and oxygen atoms in total. The number of rotatable bonds is 5. The first kappa shape index (κ1) is 14.3. The third kappa shape index (κ3) is 3.27. The average molecular weight is 275 g/mol. The van der Waals surface area contributed by atoms with Crippen molar-refractivity contribution in [3.05, 3.63) is 59.4 Å². The number of para-hydroxylation sites is 1. The third-order valence-electron chi connectivity index (χ3n) is 3.04. The SMILES string of the molecule is COc1ccccc1COc1ccc(F)cc1[C@@H](C)N. The third-order valence-corrected chi connectivity index (χ3v) is 3.04. The van der Waals surface area contributed by atoms with Gasteiger partial charge in [-0.15, -0.1) is 0 Å². The van der Waals surface area contributed by atoms with Crippen molar-refractivity contribution in [1.82, 2.24) is 0 Å². The van der Waals surface area contributed by atoms with E-state index in [0.717, 1.165) is 11.3 Å². The van der Waals surface area contributed by atoms with E-state index < -0.39 is 0 Å². The van der Waals surface area contributed by atoms with E-state index in [9.17, 15) is 4.39 Å². The highest BCUT2D eigenvalue weighted by Crippen LogP contribution is 2.27. The van der Waals surface area contributed by atoms with E-state index in [0.29, 0.717) is 17.9 Å². The molecule has 0 amide bonds. The van der Waals surface area contributed by atoms with Crippen LogP contribution >= 0.6 is 0 Å². The zero-order valence-electron chi connectivity index (χ0n) is 11.6. The van der Waals surface area contributed by atoms with Gasteiger partial charge in [0.2, 0.25) is 0 Å². The van der Waals surface area contributed by atoms with Crippen molar-refractivity contribution in [2.75, 3.05) is 7.11 Å². The summed E-state index contributed by atoms with van der Waals surface area (Å²) in [7, 11) is 1.62. The van der Waals surface area contributed by atoms with E-state index in [-0.39, 0.29) is 11.9 Å². The second-order valence-electron chi connectivity index (χ2n) is 4.57. The second kappa shape index (κ2) is 6.39. The predicted octanol–water partition coefficient (Wildman–Crippen LogP) is 3.43. The normalized spacial score (nSPS) is 12.0. The molecule has 0 aliphatic rings. The molecule has 0 bridgehead atoms. The largest absolute Gasteiger partial charge is 0.496 e. The Morgan fingerprint density at radius 1 is 1.15 bits per heavy atom. The minimum absolute atomic E-state index is 0.293. The van der Waals surface area contributed by atoms with Gasteiger partial charge in [0.15, 0.2) is 0 Å². The molecule has 0 fully saturated rings. The minimum Gasteiger partial charge on any atom is -0.496 e. The van der Waals surface area contributed by atoms with Crippen LogP contribution in [-0.4, -0.2) is 7.11 Å². The first-order valence-electron chi connectivity index (χ1n) is 6.41.